The van der Waals surface area contributed by atoms with Gasteiger partial charge in [0, 0.05) is 44.5 Å². The van der Waals surface area contributed by atoms with Gasteiger partial charge in [-0.3, -0.25) is 10.3 Å². The van der Waals surface area contributed by atoms with E-state index in [1.54, 1.807) is 21.3 Å². The minimum Gasteiger partial charge on any atom is -0.497 e. The molecular formula is C21H28N4O4. The van der Waals surface area contributed by atoms with Crippen LogP contribution in [0.2, 0.25) is 0 Å². The lowest BCUT2D eigenvalue weighted by Gasteiger charge is -2.23. The number of ether oxygens (including phenoxy) is 3. The highest BCUT2D eigenvalue weighted by Gasteiger charge is 2.11. The van der Waals surface area contributed by atoms with Crippen molar-refractivity contribution in [2.45, 2.75) is 13.1 Å². The first-order chi connectivity index (χ1) is 14.0. The molecule has 0 saturated heterocycles. The van der Waals surface area contributed by atoms with E-state index in [2.05, 4.69) is 20.4 Å². The number of aliphatic imine (C=N–C) groups is 1. The lowest BCUT2D eigenvalue weighted by molar-refractivity contribution is 0.187. The average Bonchev–Trinajstić information content (AvgIpc) is 2.75. The molecule has 2 aromatic carbocycles. The Morgan fingerprint density at radius 1 is 1.07 bits per heavy atom. The molecule has 1 amide bonds. The van der Waals surface area contributed by atoms with E-state index in [9.17, 15) is 4.79 Å². The molecule has 0 bridgehead atoms. The second-order valence-corrected chi connectivity index (χ2v) is 6.25. The number of anilines is 1. The van der Waals surface area contributed by atoms with Crippen LogP contribution in [-0.2, 0) is 17.8 Å². The fraction of sp³-hybridized carbons (Fsp3) is 0.333. The number of methoxy groups -OCH3 is 3. The number of carbonyl (C=O) groups excluding carboxylic acids is 1. The highest BCUT2D eigenvalue weighted by molar-refractivity contribution is 5.84. The van der Waals surface area contributed by atoms with Crippen molar-refractivity contribution in [2.24, 2.45) is 4.99 Å². The van der Waals surface area contributed by atoms with Gasteiger partial charge in [0.1, 0.15) is 11.5 Å². The Balaban J connectivity index is 1.97. The summed E-state index contributed by atoms with van der Waals surface area (Å²) in [6, 6.07) is 13.3. The normalized spacial score (nSPS) is 10.9. The van der Waals surface area contributed by atoms with Crippen LogP contribution in [0, 0.1) is 0 Å². The van der Waals surface area contributed by atoms with Crippen LogP contribution in [0.5, 0.6) is 11.5 Å². The molecule has 0 fully saturated rings. The van der Waals surface area contributed by atoms with Gasteiger partial charge in [0.05, 0.1) is 21.3 Å². The average molecular weight is 400 g/mol. The molecule has 0 aliphatic heterocycles. The van der Waals surface area contributed by atoms with Crippen molar-refractivity contribution in [3.8, 4) is 11.5 Å². The quantitative estimate of drug-likeness (QED) is 0.549. The fourth-order valence-corrected chi connectivity index (χ4v) is 2.75. The molecule has 0 aliphatic rings. The van der Waals surface area contributed by atoms with Gasteiger partial charge in [0.25, 0.3) is 0 Å². The van der Waals surface area contributed by atoms with E-state index in [1.807, 2.05) is 54.4 Å². The van der Waals surface area contributed by atoms with Crippen LogP contribution in [0.4, 0.5) is 10.5 Å². The first kappa shape index (κ1) is 21.9. The molecule has 8 nitrogen and oxygen atoms in total. The SMILES string of the molecule is CN=C(NCc1ccc(NC(=O)OC)cc1)N(C)Cc1ccc(OC)cc1OC. The van der Waals surface area contributed by atoms with Crippen LogP contribution in [-0.4, -0.2) is 52.4 Å². The standard InChI is InChI=1S/C21H28N4O4/c1-22-20(23-13-15-6-9-17(10-7-15)24-21(26)29-5)25(2)14-16-8-11-18(27-3)12-19(16)28-4/h6-12H,13-14H2,1-5H3,(H,22,23)(H,24,26). The summed E-state index contributed by atoms with van der Waals surface area (Å²) < 4.78 is 15.3. The predicted molar refractivity (Wildman–Crippen MR) is 114 cm³/mol. The molecule has 29 heavy (non-hydrogen) atoms. The smallest absolute Gasteiger partial charge is 0.411 e. The Morgan fingerprint density at radius 3 is 2.38 bits per heavy atom. The van der Waals surface area contributed by atoms with Gasteiger partial charge >= 0.3 is 6.09 Å². The molecule has 0 aliphatic carbocycles. The third-order valence-corrected chi connectivity index (χ3v) is 4.31. The van der Waals surface area contributed by atoms with Crippen molar-refractivity contribution in [2.75, 3.05) is 40.7 Å². The molecule has 0 unspecified atom stereocenters. The Labute approximate surface area is 171 Å². The maximum absolute atomic E-state index is 11.2. The van der Waals surface area contributed by atoms with Gasteiger partial charge in [0.15, 0.2) is 5.96 Å². The van der Waals surface area contributed by atoms with Crippen LogP contribution in [0.25, 0.3) is 0 Å². The molecular weight excluding hydrogens is 372 g/mol. The molecule has 0 spiro atoms. The van der Waals surface area contributed by atoms with Gasteiger partial charge in [-0.1, -0.05) is 12.1 Å². The first-order valence-corrected chi connectivity index (χ1v) is 9.07. The zero-order valence-corrected chi connectivity index (χ0v) is 17.5. The monoisotopic (exact) mass is 400 g/mol. The van der Waals surface area contributed by atoms with Crippen LogP contribution < -0.4 is 20.1 Å². The van der Waals surface area contributed by atoms with Crippen molar-refractivity contribution in [1.29, 1.82) is 0 Å². The highest BCUT2D eigenvalue weighted by Crippen LogP contribution is 2.25. The number of amides is 1. The third kappa shape index (κ3) is 6.31. The Morgan fingerprint density at radius 2 is 1.79 bits per heavy atom. The molecule has 0 radical (unpaired) electrons. The lowest BCUT2D eigenvalue weighted by atomic mass is 10.2. The van der Waals surface area contributed by atoms with Crippen molar-refractivity contribution >= 4 is 17.7 Å². The van der Waals surface area contributed by atoms with Gasteiger partial charge in [-0.15, -0.1) is 0 Å². The van der Waals surface area contributed by atoms with Gasteiger partial charge in [-0.2, -0.15) is 0 Å². The van der Waals surface area contributed by atoms with Crippen LogP contribution in [0.3, 0.4) is 0 Å². The molecule has 8 heteroatoms. The first-order valence-electron chi connectivity index (χ1n) is 9.07. The molecule has 2 rings (SSSR count). The number of guanidine groups is 1. The molecule has 156 valence electrons. The van der Waals surface area contributed by atoms with Crippen molar-refractivity contribution < 1.29 is 19.0 Å². The number of nitrogens with zero attached hydrogens (tertiary/aromatic N) is 2. The minimum absolute atomic E-state index is 0.494. The molecule has 0 atom stereocenters. The largest absolute Gasteiger partial charge is 0.497 e. The van der Waals surface area contributed by atoms with E-state index in [0.717, 1.165) is 28.6 Å². The zero-order valence-electron chi connectivity index (χ0n) is 17.5. The van der Waals surface area contributed by atoms with Crippen molar-refractivity contribution in [1.82, 2.24) is 10.2 Å². The summed E-state index contributed by atoms with van der Waals surface area (Å²) in [6.45, 7) is 1.21. The van der Waals surface area contributed by atoms with E-state index in [0.29, 0.717) is 18.8 Å². The fourth-order valence-electron chi connectivity index (χ4n) is 2.75. The number of nitrogens with one attached hydrogen (secondary N) is 2. The maximum atomic E-state index is 11.2. The lowest BCUT2D eigenvalue weighted by Crippen LogP contribution is -2.38. The van der Waals surface area contributed by atoms with Gasteiger partial charge in [-0.05, 0) is 29.8 Å². The van der Waals surface area contributed by atoms with Gasteiger partial charge in [0.2, 0.25) is 0 Å². The summed E-state index contributed by atoms with van der Waals surface area (Å²) >= 11 is 0. The summed E-state index contributed by atoms with van der Waals surface area (Å²) in [5.41, 5.74) is 2.75. The molecule has 2 aromatic rings. The number of hydrogen-bond donors (Lipinski definition) is 2. The molecule has 0 heterocycles. The van der Waals surface area contributed by atoms with E-state index in [-0.39, 0.29) is 0 Å². The number of carbonyl (C=O) groups is 1. The predicted octanol–water partition coefficient (Wildman–Crippen LogP) is 3.09. The van der Waals surface area contributed by atoms with E-state index >= 15 is 0 Å². The Bertz CT molecular complexity index is 837. The van der Waals surface area contributed by atoms with Crippen LogP contribution in [0.1, 0.15) is 11.1 Å². The van der Waals surface area contributed by atoms with Crippen molar-refractivity contribution in [3.05, 3.63) is 53.6 Å². The Hall–Kier alpha value is -3.42. The Kier molecular flexibility index (Phi) is 8.14. The van der Waals surface area contributed by atoms with Crippen LogP contribution in [0.15, 0.2) is 47.5 Å². The summed E-state index contributed by atoms with van der Waals surface area (Å²) in [5, 5.41) is 5.96. The van der Waals surface area contributed by atoms with E-state index in [4.69, 9.17) is 9.47 Å². The number of hydrogen-bond acceptors (Lipinski definition) is 5. The van der Waals surface area contributed by atoms with Crippen molar-refractivity contribution in [3.63, 3.8) is 0 Å². The third-order valence-electron chi connectivity index (χ3n) is 4.31. The summed E-state index contributed by atoms with van der Waals surface area (Å²) in [5.74, 6) is 2.26. The highest BCUT2D eigenvalue weighted by atomic mass is 16.5. The van der Waals surface area contributed by atoms with E-state index < -0.39 is 6.09 Å². The van der Waals surface area contributed by atoms with E-state index in [1.165, 1.54) is 7.11 Å². The molecule has 2 N–H and O–H groups in total. The second-order valence-electron chi connectivity index (χ2n) is 6.25. The maximum Gasteiger partial charge on any atom is 0.411 e. The number of rotatable bonds is 7. The second kappa shape index (κ2) is 10.8. The van der Waals surface area contributed by atoms with Gasteiger partial charge in [-0.25, -0.2) is 4.79 Å². The summed E-state index contributed by atoms with van der Waals surface area (Å²) in [6.07, 6.45) is -0.494. The summed E-state index contributed by atoms with van der Waals surface area (Å²) in [7, 11) is 8.31. The minimum atomic E-state index is -0.494. The molecule has 0 saturated carbocycles. The van der Waals surface area contributed by atoms with Crippen LogP contribution >= 0.6 is 0 Å². The van der Waals surface area contributed by atoms with Gasteiger partial charge < -0.3 is 24.4 Å². The zero-order chi connectivity index (χ0) is 21.2. The topological polar surface area (TPSA) is 84.4 Å². The molecule has 0 aromatic heterocycles. The number of benzene rings is 2. The summed E-state index contributed by atoms with van der Waals surface area (Å²) in [4.78, 5) is 17.6.